The Balaban J connectivity index is -0.0000000268. The molecule has 0 aliphatic heterocycles. The second-order valence-corrected chi connectivity index (χ2v) is 7.75. The van der Waals surface area contributed by atoms with Crippen molar-refractivity contribution in [2.24, 2.45) is 21.7 Å². The average Bonchev–Trinajstić information content (AvgIpc) is 2.49. The van der Waals surface area contributed by atoms with E-state index in [-0.39, 0.29) is 24.8 Å². The summed E-state index contributed by atoms with van der Waals surface area (Å²) in [4.78, 5) is 0. The summed E-state index contributed by atoms with van der Waals surface area (Å²) < 4.78 is 0. The van der Waals surface area contributed by atoms with Crippen molar-refractivity contribution in [2.45, 2.75) is 161 Å². The summed E-state index contributed by atoms with van der Waals surface area (Å²) in [7, 11) is 0. The van der Waals surface area contributed by atoms with Gasteiger partial charge in [0.25, 0.3) is 0 Å². The first-order valence-corrected chi connectivity index (χ1v) is 11.7. The van der Waals surface area contributed by atoms with Gasteiger partial charge in [-0.3, -0.25) is 0 Å². The Morgan fingerprint density at radius 3 is 0.500 bits per heavy atom. The zero-order valence-electron chi connectivity index (χ0n) is 24.1. The zero-order valence-corrected chi connectivity index (χ0v) is 25.7. The number of rotatable bonds is 2. The number of hydrogen-bond acceptors (Lipinski definition) is 4. The van der Waals surface area contributed by atoms with Crippen LogP contribution in [0.5, 0.6) is 0 Å². The SMILES string of the molecule is CC(C)(N)N=NC(C)(C)N.CCC.CCC.CCC.CCC.CCC.CCC.Cl.Cl. The van der Waals surface area contributed by atoms with E-state index in [0.717, 1.165) is 0 Å². The van der Waals surface area contributed by atoms with Gasteiger partial charge in [-0.05, 0) is 27.7 Å². The average molecular weight is 482 g/mol. The van der Waals surface area contributed by atoms with Gasteiger partial charge in [-0.2, -0.15) is 10.2 Å². The third-order valence-electron chi connectivity index (χ3n) is 0.565. The van der Waals surface area contributed by atoms with Crippen LogP contribution in [0.4, 0.5) is 0 Å². The lowest BCUT2D eigenvalue weighted by Crippen LogP contribution is -2.33. The fourth-order valence-electron chi connectivity index (χ4n) is 0.258. The van der Waals surface area contributed by atoms with Gasteiger partial charge in [0.15, 0.2) is 0 Å². The van der Waals surface area contributed by atoms with Crippen LogP contribution in [0, 0.1) is 0 Å². The van der Waals surface area contributed by atoms with Crippen LogP contribution in [0.1, 0.15) is 149 Å². The Bertz CT molecular complexity index is 181. The molecule has 0 aromatic heterocycles. The molecule has 0 heterocycles. The molecule has 4 N–H and O–H groups in total. The van der Waals surface area contributed by atoms with E-state index in [4.69, 9.17) is 11.5 Å². The third-order valence-corrected chi connectivity index (χ3v) is 0.565. The highest BCUT2D eigenvalue weighted by Gasteiger charge is 2.12. The van der Waals surface area contributed by atoms with Gasteiger partial charge in [0.2, 0.25) is 0 Å². The molecule has 6 heteroatoms. The van der Waals surface area contributed by atoms with Crippen molar-refractivity contribution >= 4 is 24.8 Å². The van der Waals surface area contributed by atoms with E-state index in [1.165, 1.54) is 38.5 Å². The summed E-state index contributed by atoms with van der Waals surface area (Å²) in [5.74, 6) is 0. The van der Waals surface area contributed by atoms with Gasteiger partial charge in [0.1, 0.15) is 11.3 Å². The van der Waals surface area contributed by atoms with Gasteiger partial charge in [-0.1, -0.05) is 122 Å². The van der Waals surface area contributed by atoms with Crippen LogP contribution in [-0.2, 0) is 0 Å². The van der Waals surface area contributed by atoms with Gasteiger partial charge >= 0.3 is 0 Å². The number of hydrogen-bond donors (Lipinski definition) is 2. The summed E-state index contributed by atoms with van der Waals surface area (Å²) in [6, 6.07) is 0. The van der Waals surface area contributed by atoms with Crippen molar-refractivity contribution in [1.29, 1.82) is 0 Å². The Kier molecular flexibility index (Phi) is 109. The molecule has 0 aromatic carbocycles. The third kappa shape index (κ3) is 409. The highest BCUT2D eigenvalue weighted by atomic mass is 35.5. The van der Waals surface area contributed by atoms with E-state index in [1.807, 2.05) is 0 Å². The van der Waals surface area contributed by atoms with Crippen molar-refractivity contribution < 1.29 is 0 Å². The minimum Gasteiger partial charge on any atom is -0.306 e. The van der Waals surface area contributed by atoms with Crippen molar-refractivity contribution in [2.75, 3.05) is 0 Å². The Hall–Kier alpha value is 0.1000. The summed E-state index contributed by atoms with van der Waals surface area (Å²) in [6.07, 6.45) is 7.50. The van der Waals surface area contributed by atoms with E-state index in [1.54, 1.807) is 27.7 Å². The molecule has 0 saturated heterocycles. The monoisotopic (exact) mass is 480 g/mol. The van der Waals surface area contributed by atoms with Gasteiger partial charge in [0.05, 0.1) is 0 Å². The summed E-state index contributed by atoms with van der Waals surface area (Å²) in [5, 5.41) is 7.61. The molecule has 4 nitrogen and oxygen atoms in total. The number of nitrogens with two attached hydrogens (primary N) is 2. The first-order valence-electron chi connectivity index (χ1n) is 11.7. The van der Waals surface area contributed by atoms with E-state index >= 15 is 0 Å². The number of nitrogens with zero attached hydrogens (tertiary/aromatic N) is 2. The lowest BCUT2D eigenvalue weighted by Gasteiger charge is -2.15. The molecule has 0 fully saturated rings. The molecular weight excluding hydrogens is 415 g/mol. The summed E-state index contributed by atoms with van der Waals surface area (Å²) in [5.41, 5.74) is 9.82. The summed E-state index contributed by atoms with van der Waals surface area (Å²) >= 11 is 0. The number of azo groups is 1. The normalized spacial score (nSPS) is 8.47. The molecule has 30 heavy (non-hydrogen) atoms. The van der Waals surface area contributed by atoms with Crippen LogP contribution in [0.2, 0.25) is 0 Å². The molecule has 0 rings (SSSR count). The maximum atomic E-state index is 5.53. The first kappa shape index (κ1) is 57.3. The van der Waals surface area contributed by atoms with Crippen LogP contribution >= 0.6 is 24.8 Å². The highest BCUT2D eigenvalue weighted by molar-refractivity contribution is 5.85. The van der Waals surface area contributed by atoms with Crippen molar-refractivity contribution in [3.63, 3.8) is 0 Å². The fourth-order valence-corrected chi connectivity index (χ4v) is 0.258. The first-order chi connectivity index (χ1) is 12.7. The minimum absolute atomic E-state index is 0. The molecule has 0 radical (unpaired) electrons. The quantitative estimate of drug-likeness (QED) is 0.385. The van der Waals surface area contributed by atoms with E-state index in [9.17, 15) is 0 Å². The van der Waals surface area contributed by atoms with E-state index in [0.29, 0.717) is 0 Å². The lowest BCUT2D eigenvalue weighted by atomic mass is 10.3. The van der Waals surface area contributed by atoms with Crippen LogP contribution in [0.3, 0.4) is 0 Å². The fraction of sp³-hybridized carbons (Fsp3) is 1.00. The highest BCUT2D eigenvalue weighted by Crippen LogP contribution is 2.05. The topological polar surface area (TPSA) is 76.8 Å². The van der Waals surface area contributed by atoms with Crippen LogP contribution in [0.25, 0.3) is 0 Å². The molecule has 196 valence electrons. The molecule has 0 bridgehead atoms. The molecule has 0 saturated carbocycles. The van der Waals surface area contributed by atoms with Crippen LogP contribution < -0.4 is 11.5 Å². The molecule has 0 amide bonds. The second-order valence-electron chi connectivity index (χ2n) is 7.75. The van der Waals surface area contributed by atoms with Crippen LogP contribution in [-0.4, -0.2) is 11.3 Å². The second kappa shape index (κ2) is 56.9. The number of halogens is 2. The van der Waals surface area contributed by atoms with Crippen molar-refractivity contribution in [1.82, 2.24) is 0 Å². The van der Waals surface area contributed by atoms with Crippen molar-refractivity contribution in [3.05, 3.63) is 0 Å². The molecular formula is C24H66Cl2N4. The maximum Gasteiger partial charge on any atom is 0.123 e. The molecule has 0 aliphatic rings. The van der Waals surface area contributed by atoms with Gasteiger partial charge in [-0.15, -0.1) is 24.8 Å². The van der Waals surface area contributed by atoms with Gasteiger partial charge in [0, 0.05) is 0 Å². The minimum atomic E-state index is -0.614. The van der Waals surface area contributed by atoms with Crippen molar-refractivity contribution in [3.8, 4) is 0 Å². The predicted molar refractivity (Wildman–Crippen MR) is 152 cm³/mol. The van der Waals surface area contributed by atoms with Gasteiger partial charge in [-0.25, -0.2) is 0 Å². The summed E-state index contributed by atoms with van der Waals surface area (Å²) in [6.45, 7) is 32.6. The van der Waals surface area contributed by atoms with Gasteiger partial charge < -0.3 is 11.5 Å². The lowest BCUT2D eigenvalue weighted by molar-refractivity contribution is 0.438. The maximum absolute atomic E-state index is 5.53. The Morgan fingerprint density at radius 1 is 0.400 bits per heavy atom. The molecule has 0 atom stereocenters. The molecule has 0 spiro atoms. The standard InChI is InChI=1S/C6H16N4.6C3H8.2ClH/c1-5(2,7)9-10-6(3,4)8;6*1-3-2;;/h7-8H2,1-4H3;6*3H2,1-2H3;2*1H. The molecule has 0 aliphatic carbocycles. The zero-order chi connectivity index (χ0) is 24.7. The Labute approximate surface area is 207 Å². The van der Waals surface area contributed by atoms with E-state index < -0.39 is 11.3 Å². The molecule has 0 unspecified atom stereocenters. The van der Waals surface area contributed by atoms with E-state index in [2.05, 4.69) is 93.3 Å². The predicted octanol–water partition coefficient (Wildman–Crippen LogP) is 10.2. The largest absolute Gasteiger partial charge is 0.306 e. The molecule has 0 aromatic rings. The smallest absolute Gasteiger partial charge is 0.123 e. The van der Waals surface area contributed by atoms with Crippen LogP contribution in [0.15, 0.2) is 10.2 Å². The Morgan fingerprint density at radius 2 is 0.467 bits per heavy atom.